The normalized spacial score (nSPS) is 32.0. The van der Waals surface area contributed by atoms with Crippen molar-refractivity contribution >= 4 is 11.7 Å². The van der Waals surface area contributed by atoms with E-state index in [1.54, 1.807) is 0 Å². The number of nitrogens with two attached hydrogens (primary N) is 1. The number of amidine groups is 1. The van der Waals surface area contributed by atoms with Crippen molar-refractivity contribution in [3.8, 4) is 0 Å². The molecule has 1 amide bonds. The van der Waals surface area contributed by atoms with E-state index < -0.39 is 5.41 Å². The number of hydrogen-bond donors (Lipinski definition) is 2. The summed E-state index contributed by atoms with van der Waals surface area (Å²) in [6.45, 7) is 6.17. The number of ether oxygens (including phenoxy) is 1. The summed E-state index contributed by atoms with van der Waals surface area (Å²) in [4.78, 5) is 14.6. The van der Waals surface area contributed by atoms with Crippen LogP contribution in [-0.2, 0) is 9.53 Å². The Morgan fingerprint density at radius 3 is 2.50 bits per heavy atom. The van der Waals surface area contributed by atoms with Gasteiger partial charge in [0.15, 0.2) is 5.84 Å². The summed E-state index contributed by atoms with van der Waals surface area (Å²) < 4.78 is 5.60. The quantitative estimate of drug-likeness (QED) is 0.351. The molecule has 1 saturated carbocycles. The van der Waals surface area contributed by atoms with Crippen molar-refractivity contribution < 1.29 is 14.7 Å². The molecule has 0 aromatic heterocycles. The molecule has 3 N–H and O–H groups in total. The lowest BCUT2D eigenvalue weighted by atomic mass is 9.61. The molecule has 1 saturated heterocycles. The van der Waals surface area contributed by atoms with E-state index in [4.69, 9.17) is 15.7 Å². The zero-order valence-corrected chi connectivity index (χ0v) is 12.3. The molecule has 1 aliphatic carbocycles. The van der Waals surface area contributed by atoms with Gasteiger partial charge in [0.25, 0.3) is 0 Å². The van der Waals surface area contributed by atoms with Gasteiger partial charge >= 0.3 is 0 Å². The van der Waals surface area contributed by atoms with Gasteiger partial charge in [0.1, 0.15) is 5.41 Å². The Hall–Kier alpha value is -1.30. The fourth-order valence-corrected chi connectivity index (χ4v) is 3.48. The molecular formula is C14H25N3O3. The van der Waals surface area contributed by atoms with Crippen LogP contribution in [0.3, 0.4) is 0 Å². The lowest BCUT2D eigenvalue weighted by Crippen LogP contribution is -2.59. The van der Waals surface area contributed by atoms with Gasteiger partial charge in [-0.2, -0.15) is 0 Å². The molecule has 0 radical (unpaired) electrons. The minimum atomic E-state index is -0.771. The third-order valence-corrected chi connectivity index (χ3v) is 4.53. The average Bonchev–Trinajstić information content (AvgIpc) is 2.43. The lowest BCUT2D eigenvalue weighted by Gasteiger charge is -2.47. The first-order chi connectivity index (χ1) is 9.53. The van der Waals surface area contributed by atoms with Crippen molar-refractivity contribution in [1.82, 2.24) is 4.90 Å². The maximum absolute atomic E-state index is 12.7. The molecule has 2 fully saturated rings. The second-order valence-electron chi connectivity index (χ2n) is 6.03. The number of likely N-dealkylation sites (tertiary alicyclic amines) is 1. The summed E-state index contributed by atoms with van der Waals surface area (Å²) in [7, 11) is 0. The number of carbonyl (C=O) groups excluding carboxylic acids is 1. The number of amides is 1. The molecule has 0 unspecified atom stereocenters. The number of rotatable bonds is 4. The van der Waals surface area contributed by atoms with E-state index >= 15 is 0 Å². The highest BCUT2D eigenvalue weighted by atomic mass is 16.5. The Morgan fingerprint density at radius 2 is 2.05 bits per heavy atom. The number of nitrogens with zero attached hydrogens (tertiary/aromatic N) is 2. The second kappa shape index (κ2) is 5.99. The van der Waals surface area contributed by atoms with E-state index in [1.165, 1.54) is 0 Å². The molecular weight excluding hydrogens is 258 g/mol. The Kier molecular flexibility index (Phi) is 4.52. The predicted octanol–water partition coefficient (Wildman–Crippen LogP) is 1.18. The fraction of sp³-hybridized carbons (Fsp3) is 0.857. The highest BCUT2D eigenvalue weighted by molar-refractivity contribution is 6.07. The van der Waals surface area contributed by atoms with Crippen molar-refractivity contribution in [2.24, 2.45) is 22.2 Å². The molecule has 6 heteroatoms. The van der Waals surface area contributed by atoms with E-state index in [0.717, 1.165) is 12.8 Å². The first-order valence-corrected chi connectivity index (χ1v) is 7.42. The van der Waals surface area contributed by atoms with E-state index in [1.807, 2.05) is 11.8 Å². The van der Waals surface area contributed by atoms with Gasteiger partial charge in [-0.15, -0.1) is 0 Å². The Balaban J connectivity index is 2.00. The second-order valence-corrected chi connectivity index (χ2v) is 6.03. The molecule has 114 valence electrons. The minimum Gasteiger partial charge on any atom is -0.409 e. The molecule has 20 heavy (non-hydrogen) atoms. The van der Waals surface area contributed by atoms with Crippen molar-refractivity contribution in [2.75, 3.05) is 19.7 Å². The van der Waals surface area contributed by atoms with Crippen LogP contribution < -0.4 is 5.73 Å². The molecule has 6 nitrogen and oxygen atoms in total. The van der Waals surface area contributed by atoms with Gasteiger partial charge < -0.3 is 20.6 Å². The van der Waals surface area contributed by atoms with Crippen LogP contribution in [0.4, 0.5) is 0 Å². The Morgan fingerprint density at radius 1 is 1.45 bits per heavy atom. The van der Waals surface area contributed by atoms with Gasteiger partial charge in [0.2, 0.25) is 5.91 Å². The molecule has 2 rings (SSSR count). The molecule has 0 bridgehead atoms. The number of oxime groups is 1. The fourth-order valence-electron chi connectivity index (χ4n) is 3.48. The lowest BCUT2D eigenvalue weighted by molar-refractivity contribution is -0.147. The van der Waals surface area contributed by atoms with Crippen molar-refractivity contribution in [1.29, 1.82) is 0 Å². The van der Waals surface area contributed by atoms with Crippen LogP contribution in [0.25, 0.3) is 0 Å². The largest absolute Gasteiger partial charge is 0.409 e. The van der Waals surface area contributed by atoms with Crippen LogP contribution in [0.5, 0.6) is 0 Å². The van der Waals surface area contributed by atoms with E-state index in [2.05, 4.69) is 12.1 Å². The first kappa shape index (κ1) is 15.1. The summed E-state index contributed by atoms with van der Waals surface area (Å²) in [5.41, 5.74) is 5.01. The third kappa shape index (κ3) is 2.61. The SMILES string of the molecule is CCOC1CCN(C(=O)C2(C(N)=NO)CC(C)C2)CC1. The van der Waals surface area contributed by atoms with Gasteiger partial charge in [0, 0.05) is 19.7 Å². The molecule has 0 aromatic rings. The summed E-state index contributed by atoms with van der Waals surface area (Å²) in [5, 5.41) is 12.1. The summed E-state index contributed by atoms with van der Waals surface area (Å²) >= 11 is 0. The van der Waals surface area contributed by atoms with Crippen LogP contribution in [0.1, 0.15) is 39.5 Å². The topological polar surface area (TPSA) is 88.2 Å². The zero-order chi connectivity index (χ0) is 14.8. The summed E-state index contributed by atoms with van der Waals surface area (Å²) in [6, 6.07) is 0. The number of carbonyl (C=O) groups is 1. The average molecular weight is 283 g/mol. The highest BCUT2D eigenvalue weighted by Crippen LogP contribution is 2.47. The Bertz CT molecular complexity index is 383. The Labute approximate surface area is 119 Å². The van der Waals surface area contributed by atoms with E-state index in [-0.39, 0.29) is 17.8 Å². The zero-order valence-electron chi connectivity index (χ0n) is 12.3. The van der Waals surface area contributed by atoms with Gasteiger partial charge in [-0.3, -0.25) is 4.79 Å². The maximum atomic E-state index is 12.7. The maximum Gasteiger partial charge on any atom is 0.236 e. The smallest absolute Gasteiger partial charge is 0.236 e. The van der Waals surface area contributed by atoms with Crippen LogP contribution in [0.15, 0.2) is 5.16 Å². The van der Waals surface area contributed by atoms with Crippen LogP contribution >= 0.6 is 0 Å². The molecule has 1 aliphatic heterocycles. The molecule has 1 heterocycles. The van der Waals surface area contributed by atoms with Gasteiger partial charge in [-0.25, -0.2) is 0 Å². The van der Waals surface area contributed by atoms with Crippen molar-refractivity contribution in [3.63, 3.8) is 0 Å². The van der Waals surface area contributed by atoms with Crippen molar-refractivity contribution in [3.05, 3.63) is 0 Å². The monoisotopic (exact) mass is 283 g/mol. The van der Waals surface area contributed by atoms with E-state index in [0.29, 0.717) is 38.5 Å². The summed E-state index contributed by atoms with van der Waals surface area (Å²) in [5.74, 6) is 0.522. The van der Waals surface area contributed by atoms with Gasteiger partial charge in [0.05, 0.1) is 6.10 Å². The van der Waals surface area contributed by atoms with Crippen molar-refractivity contribution in [2.45, 2.75) is 45.6 Å². The first-order valence-electron chi connectivity index (χ1n) is 7.42. The summed E-state index contributed by atoms with van der Waals surface area (Å²) in [6.07, 6.45) is 3.33. The van der Waals surface area contributed by atoms with Crippen LogP contribution in [-0.4, -0.2) is 47.7 Å². The predicted molar refractivity (Wildman–Crippen MR) is 75.5 cm³/mol. The van der Waals surface area contributed by atoms with Crippen LogP contribution in [0.2, 0.25) is 0 Å². The number of piperidine rings is 1. The van der Waals surface area contributed by atoms with Gasteiger partial charge in [-0.1, -0.05) is 12.1 Å². The number of hydrogen-bond acceptors (Lipinski definition) is 4. The standard InChI is InChI=1S/C14H25N3O3/c1-3-20-11-4-6-17(7-5-11)13(18)14(12(15)16-19)8-10(2)9-14/h10-11,19H,3-9H2,1-2H3,(H2,15,16). The third-order valence-electron chi connectivity index (χ3n) is 4.53. The minimum absolute atomic E-state index is 0.0147. The van der Waals surface area contributed by atoms with Crippen LogP contribution in [0, 0.1) is 11.3 Å². The molecule has 0 atom stereocenters. The molecule has 2 aliphatic rings. The highest BCUT2D eigenvalue weighted by Gasteiger charge is 2.53. The molecule has 0 aromatic carbocycles. The van der Waals surface area contributed by atoms with Gasteiger partial charge in [-0.05, 0) is 38.5 Å². The van der Waals surface area contributed by atoms with E-state index in [9.17, 15) is 4.79 Å². The molecule has 0 spiro atoms.